The van der Waals surface area contributed by atoms with Gasteiger partial charge in [0.2, 0.25) is 5.91 Å². The van der Waals surface area contributed by atoms with E-state index in [-0.39, 0.29) is 24.8 Å². The maximum absolute atomic E-state index is 13.7. The van der Waals surface area contributed by atoms with E-state index in [4.69, 9.17) is 4.74 Å². The van der Waals surface area contributed by atoms with Crippen LogP contribution in [0.1, 0.15) is 25.8 Å². The highest BCUT2D eigenvalue weighted by Crippen LogP contribution is 2.17. The Kier molecular flexibility index (Phi) is 8.44. The average Bonchev–Trinajstić information content (AvgIpc) is 2.70. The van der Waals surface area contributed by atoms with E-state index in [1.165, 1.54) is 17.0 Å². The Morgan fingerprint density at radius 3 is 2.50 bits per heavy atom. The lowest BCUT2D eigenvalue weighted by Gasteiger charge is -2.28. The third kappa shape index (κ3) is 6.34. The second-order valence-corrected chi connectivity index (χ2v) is 7.25. The van der Waals surface area contributed by atoms with Crippen LogP contribution in [0.4, 0.5) is 4.39 Å². The van der Waals surface area contributed by atoms with Crippen LogP contribution in [0.5, 0.6) is 5.75 Å². The van der Waals surface area contributed by atoms with E-state index in [0.717, 1.165) is 16.5 Å². The van der Waals surface area contributed by atoms with Crippen molar-refractivity contribution >= 4 is 27.7 Å². The summed E-state index contributed by atoms with van der Waals surface area (Å²) in [5.41, 5.74) is 0.873. The number of hydrogen-bond acceptors (Lipinski definition) is 3. The monoisotopic (exact) mass is 450 g/mol. The number of benzene rings is 2. The Bertz CT molecular complexity index is 798. The van der Waals surface area contributed by atoms with Crippen LogP contribution in [0.3, 0.4) is 0 Å². The van der Waals surface area contributed by atoms with Crippen LogP contribution in [0.15, 0.2) is 53.0 Å². The summed E-state index contributed by atoms with van der Waals surface area (Å²) in [7, 11) is 0. The number of para-hydroxylation sites is 1. The number of rotatable bonds is 9. The first-order valence-corrected chi connectivity index (χ1v) is 9.90. The van der Waals surface area contributed by atoms with Gasteiger partial charge in [-0.1, -0.05) is 47.1 Å². The molecule has 0 saturated carbocycles. The van der Waals surface area contributed by atoms with E-state index < -0.39 is 17.8 Å². The highest BCUT2D eigenvalue weighted by Gasteiger charge is 2.26. The minimum atomic E-state index is -0.688. The Labute approximate surface area is 173 Å². The van der Waals surface area contributed by atoms with Crippen LogP contribution in [0.2, 0.25) is 0 Å². The zero-order valence-corrected chi connectivity index (χ0v) is 17.5. The number of carbonyl (C=O) groups excluding carboxylic acids is 2. The SMILES string of the molecule is CCCNC(=O)C(C)N(Cc1ccc(Br)cc1)C(=O)COc1ccccc1F. The van der Waals surface area contributed by atoms with Crippen molar-refractivity contribution in [1.82, 2.24) is 10.2 Å². The summed E-state index contributed by atoms with van der Waals surface area (Å²) in [6.45, 7) is 4.05. The van der Waals surface area contributed by atoms with Gasteiger partial charge in [0.25, 0.3) is 5.91 Å². The summed E-state index contributed by atoms with van der Waals surface area (Å²) in [5, 5.41) is 2.80. The van der Waals surface area contributed by atoms with Crippen molar-refractivity contribution in [2.75, 3.05) is 13.2 Å². The Morgan fingerprint density at radius 1 is 1.18 bits per heavy atom. The molecule has 0 spiro atoms. The van der Waals surface area contributed by atoms with Crippen molar-refractivity contribution in [3.8, 4) is 5.75 Å². The van der Waals surface area contributed by atoms with Crippen LogP contribution in [-0.4, -0.2) is 35.9 Å². The number of carbonyl (C=O) groups is 2. The largest absolute Gasteiger partial charge is 0.481 e. The van der Waals surface area contributed by atoms with Crippen molar-refractivity contribution in [1.29, 1.82) is 0 Å². The van der Waals surface area contributed by atoms with Crippen LogP contribution in [0, 0.1) is 5.82 Å². The van der Waals surface area contributed by atoms with E-state index in [0.29, 0.717) is 6.54 Å². The maximum Gasteiger partial charge on any atom is 0.261 e. The zero-order chi connectivity index (χ0) is 20.5. The Hall–Kier alpha value is -2.41. The lowest BCUT2D eigenvalue weighted by atomic mass is 10.1. The van der Waals surface area contributed by atoms with Gasteiger partial charge in [-0.2, -0.15) is 0 Å². The molecule has 28 heavy (non-hydrogen) atoms. The van der Waals surface area contributed by atoms with E-state index in [9.17, 15) is 14.0 Å². The average molecular weight is 451 g/mol. The molecule has 2 amide bonds. The van der Waals surface area contributed by atoms with Gasteiger partial charge in [0.1, 0.15) is 6.04 Å². The molecular formula is C21H24BrFN2O3. The van der Waals surface area contributed by atoms with Gasteiger partial charge in [0.05, 0.1) is 0 Å². The van der Waals surface area contributed by atoms with Gasteiger partial charge >= 0.3 is 0 Å². The predicted molar refractivity (Wildman–Crippen MR) is 109 cm³/mol. The molecule has 0 aliphatic rings. The van der Waals surface area contributed by atoms with Gasteiger partial charge in [-0.15, -0.1) is 0 Å². The van der Waals surface area contributed by atoms with Crippen molar-refractivity contribution in [2.45, 2.75) is 32.9 Å². The second-order valence-electron chi connectivity index (χ2n) is 6.33. The molecule has 1 unspecified atom stereocenters. The Morgan fingerprint density at radius 2 is 1.86 bits per heavy atom. The molecule has 1 N–H and O–H groups in total. The fourth-order valence-electron chi connectivity index (χ4n) is 2.55. The van der Waals surface area contributed by atoms with Crippen molar-refractivity contribution < 1.29 is 18.7 Å². The molecule has 2 aromatic carbocycles. The quantitative estimate of drug-likeness (QED) is 0.629. The fraction of sp³-hybridized carbons (Fsp3) is 0.333. The van der Waals surface area contributed by atoms with Crippen molar-refractivity contribution in [3.05, 3.63) is 64.4 Å². The Balaban J connectivity index is 2.13. The molecule has 2 rings (SSSR count). The number of halogens is 2. The smallest absolute Gasteiger partial charge is 0.261 e. The summed E-state index contributed by atoms with van der Waals surface area (Å²) >= 11 is 3.38. The van der Waals surface area contributed by atoms with Crippen LogP contribution < -0.4 is 10.1 Å². The second kappa shape index (κ2) is 10.8. The summed E-state index contributed by atoms with van der Waals surface area (Å²) in [5.74, 6) is -1.17. The first kappa shape index (κ1) is 21.9. The van der Waals surface area contributed by atoms with E-state index in [1.807, 2.05) is 31.2 Å². The molecule has 0 fully saturated rings. The van der Waals surface area contributed by atoms with Gasteiger partial charge in [-0.05, 0) is 43.2 Å². The molecule has 0 aliphatic heterocycles. The van der Waals surface area contributed by atoms with E-state index >= 15 is 0 Å². The summed E-state index contributed by atoms with van der Waals surface area (Å²) in [6.07, 6.45) is 0.801. The van der Waals surface area contributed by atoms with Gasteiger partial charge in [-0.3, -0.25) is 9.59 Å². The minimum absolute atomic E-state index is 0.00234. The zero-order valence-electron chi connectivity index (χ0n) is 16.0. The molecule has 1 atom stereocenters. The number of hydrogen-bond donors (Lipinski definition) is 1. The summed E-state index contributed by atoms with van der Waals surface area (Å²) in [4.78, 5) is 26.7. The minimum Gasteiger partial charge on any atom is -0.481 e. The molecule has 0 radical (unpaired) electrons. The van der Waals surface area contributed by atoms with Crippen molar-refractivity contribution in [2.24, 2.45) is 0 Å². The molecule has 2 aromatic rings. The summed E-state index contributed by atoms with van der Waals surface area (Å²) in [6, 6.07) is 12.7. The third-order valence-electron chi connectivity index (χ3n) is 4.17. The first-order chi connectivity index (χ1) is 13.4. The van der Waals surface area contributed by atoms with Gasteiger partial charge in [0.15, 0.2) is 18.2 Å². The molecule has 0 aromatic heterocycles. The lowest BCUT2D eigenvalue weighted by molar-refractivity contribution is -0.142. The topological polar surface area (TPSA) is 58.6 Å². The van der Waals surface area contributed by atoms with Crippen LogP contribution in [-0.2, 0) is 16.1 Å². The van der Waals surface area contributed by atoms with Crippen molar-refractivity contribution in [3.63, 3.8) is 0 Å². The number of amides is 2. The van der Waals surface area contributed by atoms with E-state index in [2.05, 4.69) is 21.2 Å². The lowest BCUT2D eigenvalue weighted by Crippen LogP contribution is -2.49. The van der Waals surface area contributed by atoms with Gasteiger partial charge in [-0.25, -0.2) is 4.39 Å². The van der Waals surface area contributed by atoms with Gasteiger partial charge in [0, 0.05) is 17.6 Å². The molecule has 0 aliphatic carbocycles. The standard InChI is InChI=1S/C21H24BrFN2O3/c1-3-12-24-21(27)15(2)25(13-16-8-10-17(22)11-9-16)20(26)14-28-19-7-5-4-6-18(19)23/h4-11,15H,3,12-14H2,1-2H3,(H,24,27). The molecule has 0 heterocycles. The number of nitrogens with zero attached hydrogens (tertiary/aromatic N) is 1. The molecule has 5 nitrogen and oxygen atoms in total. The number of ether oxygens (including phenoxy) is 1. The van der Waals surface area contributed by atoms with E-state index in [1.54, 1.807) is 19.1 Å². The maximum atomic E-state index is 13.7. The third-order valence-corrected chi connectivity index (χ3v) is 4.70. The molecule has 0 bridgehead atoms. The number of nitrogens with one attached hydrogen (secondary N) is 1. The molecular weight excluding hydrogens is 427 g/mol. The molecule has 7 heteroatoms. The molecule has 0 saturated heterocycles. The summed E-state index contributed by atoms with van der Waals surface area (Å²) < 4.78 is 20.0. The van der Waals surface area contributed by atoms with Crippen LogP contribution in [0.25, 0.3) is 0 Å². The predicted octanol–water partition coefficient (Wildman–Crippen LogP) is 3.91. The highest BCUT2D eigenvalue weighted by molar-refractivity contribution is 9.10. The molecule has 150 valence electrons. The fourth-order valence-corrected chi connectivity index (χ4v) is 2.81. The normalized spacial score (nSPS) is 11.6. The van der Waals surface area contributed by atoms with Crippen LogP contribution >= 0.6 is 15.9 Å². The highest BCUT2D eigenvalue weighted by atomic mass is 79.9. The van der Waals surface area contributed by atoms with Gasteiger partial charge < -0.3 is 15.0 Å². The first-order valence-electron chi connectivity index (χ1n) is 9.11.